The lowest BCUT2D eigenvalue weighted by molar-refractivity contribution is 0.0544. The van der Waals surface area contributed by atoms with Gasteiger partial charge in [0.15, 0.2) is 0 Å². The van der Waals surface area contributed by atoms with Gasteiger partial charge in [-0.2, -0.15) is 0 Å². The fraction of sp³-hybridized carbons (Fsp3) is 0.571. The molecule has 4 nitrogen and oxygen atoms in total. The van der Waals surface area contributed by atoms with Gasteiger partial charge >= 0.3 is 0 Å². The minimum absolute atomic E-state index is 0.0755. The molecule has 0 saturated carbocycles. The third-order valence-corrected chi connectivity index (χ3v) is 2.65. The standard InChI is InChI=1S/C14H23NO3/c1-3-14(15)12-5-4-6-13(11-12)18-10-9-17-8-7-16-2/h4-6,11,14H,3,7-10,15H2,1-2H3. The Morgan fingerprint density at radius 3 is 2.67 bits per heavy atom. The molecule has 0 radical (unpaired) electrons. The molecular formula is C14H23NO3. The van der Waals surface area contributed by atoms with Gasteiger partial charge in [-0.05, 0) is 24.1 Å². The summed E-state index contributed by atoms with van der Waals surface area (Å²) < 4.78 is 15.8. The van der Waals surface area contributed by atoms with Crippen LogP contribution < -0.4 is 10.5 Å². The summed E-state index contributed by atoms with van der Waals surface area (Å²) in [5, 5.41) is 0. The van der Waals surface area contributed by atoms with Gasteiger partial charge in [-0.1, -0.05) is 19.1 Å². The molecule has 4 heteroatoms. The van der Waals surface area contributed by atoms with Gasteiger partial charge in [0, 0.05) is 13.2 Å². The smallest absolute Gasteiger partial charge is 0.119 e. The zero-order chi connectivity index (χ0) is 13.2. The minimum Gasteiger partial charge on any atom is -0.491 e. The summed E-state index contributed by atoms with van der Waals surface area (Å²) in [4.78, 5) is 0. The molecular weight excluding hydrogens is 230 g/mol. The molecule has 0 spiro atoms. The lowest BCUT2D eigenvalue weighted by Gasteiger charge is -2.12. The Labute approximate surface area is 109 Å². The number of methoxy groups -OCH3 is 1. The van der Waals surface area contributed by atoms with E-state index < -0.39 is 0 Å². The highest BCUT2D eigenvalue weighted by Gasteiger charge is 2.04. The van der Waals surface area contributed by atoms with E-state index in [1.165, 1.54) is 0 Å². The molecule has 0 aliphatic heterocycles. The minimum atomic E-state index is 0.0755. The monoisotopic (exact) mass is 253 g/mol. The Morgan fingerprint density at radius 2 is 1.94 bits per heavy atom. The molecule has 102 valence electrons. The van der Waals surface area contributed by atoms with Crippen molar-refractivity contribution in [3.05, 3.63) is 29.8 Å². The van der Waals surface area contributed by atoms with Gasteiger partial charge in [0.1, 0.15) is 12.4 Å². The molecule has 0 aromatic heterocycles. The number of nitrogens with two attached hydrogens (primary N) is 1. The Kier molecular flexibility index (Phi) is 7.41. The Morgan fingerprint density at radius 1 is 1.17 bits per heavy atom. The fourth-order valence-corrected chi connectivity index (χ4v) is 1.53. The van der Waals surface area contributed by atoms with Gasteiger partial charge in [0.05, 0.1) is 19.8 Å². The number of benzene rings is 1. The first-order chi connectivity index (χ1) is 8.77. The lowest BCUT2D eigenvalue weighted by Crippen LogP contribution is -2.11. The van der Waals surface area contributed by atoms with Crippen LogP contribution in [0.1, 0.15) is 24.9 Å². The van der Waals surface area contributed by atoms with Crippen LogP contribution in [0.2, 0.25) is 0 Å². The second kappa shape index (κ2) is 8.91. The van der Waals surface area contributed by atoms with Crippen molar-refractivity contribution in [3.8, 4) is 5.75 Å². The van der Waals surface area contributed by atoms with Crippen molar-refractivity contribution in [2.75, 3.05) is 33.5 Å². The summed E-state index contributed by atoms with van der Waals surface area (Å²) in [6.45, 7) is 4.38. The zero-order valence-electron chi connectivity index (χ0n) is 11.2. The third kappa shape index (κ3) is 5.49. The maximum atomic E-state index is 5.98. The SMILES string of the molecule is CCC(N)c1cccc(OCCOCCOC)c1. The molecule has 1 atom stereocenters. The van der Waals surface area contributed by atoms with Crippen LogP contribution in [0.25, 0.3) is 0 Å². The van der Waals surface area contributed by atoms with Crippen molar-refractivity contribution in [2.45, 2.75) is 19.4 Å². The zero-order valence-corrected chi connectivity index (χ0v) is 11.2. The van der Waals surface area contributed by atoms with E-state index in [9.17, 15) is 0 Å². The maximum absolute atomic E-state index is 5.98. The van der Waals surface area contributed by atoms with E-state index in [1.807, 2.05) is 24.3 Å². The van der Waals surface area contributed by atoms with Gasteiger partial charge < -0.3 is 19.9 Å². The number of ether oxygens (including phenoxy) is 3. The first-order valence-corrected chi connectivity index (χ1v) is 6.33. The molecule has 0 amide bonds. The number of hydrogen-bond acceptors (Lipinski definition) is 4. The van der Waals surface area contributed by atoms with Crippen LogP contribution in [0.4, 0.5) is 0 Å². The number of hydrogen-bond donors (Lipinski definition) is 1. The van der Waals surface area contributed by atoms with E-state index in [0.29, 0.717) is 26.4 Å². The van der Waals surface area contributed by atoms with E-state index in [2.05, 4.69) is 6.92 Å². The van der Waals surface area contributed by atoms with Gasteiger partial charge in [0.25, 0.3) is 0 Å². The molecule has 0 fully saturated rings. The van der Waals surface area contributed by atoms with Gasteiger partial charge in [-0.15, -0.1) is 0 Å². The highest BCUT2D eigenvalue weighted by atomic mass is 16.5. The van der Waals surface area contributed by atoms with Crippen molar-refractivity contribution >= 4 is 0 Å². The first-order valence-electron chi connectivity index (χ1n) is 6.33. The summed E-state index contributed by atoms with van der Waals surface area (Å²) in [5.74, 6) is 0.840. The molecule has 0 saturated heterocycles. The highest BCUT2D eigenvalue weighted by Crippen LogP contribution is 2.19. The van der Waals surface area contributed by atoms with Crippen molar-refractivity contribution < 1.29 is 14.2 Å². The van der Waals surface area contributed by atoms with Crippen LogP contribution in [0.15, 0.2) is 24.3 Å². The second-order valence-corrected chi connectivity index (χ2v) is 4.04. The summed E-state index contributed by atoms with van der Waals surface area (Å²) in [7, 11) is 1.66. The molecule has 1 aromatic rings. The van der Waals surface area contributed by atoms with Gasteiger partial charge in [0.2, 0.25) is 0 Å². The molecule has 0 aliphatic carbocycles. The van der Waals surface area contributed by atoms with E-state index in [4.69, 9.17) is 19.9 Å². The number of rotatable bonds is 9. The quantitative estimate of drug-likeness (QED) is 0.685. The normalized spacial score (nSPS) is 12.4. The summed E-state index contributed by atoms with van der Waals surface area (Å²) in [6, 6.07) is 7.98. The summed E-state index contributed by atoms with van der Waals surface area (Å²) in [6.07, 6.45) is 0.920. The largest absolute Gasteiger partial charge is 0.491 e. The predicted molar refractivity (Wildman–Crippen MR) is 71.9 cm³/mol. The van der Waals surface area contributed by atoms with Crippen LogP contribution in [-0.4, -0.2) is 33.5 Å². The first kappa shape index (κ1) is 15.0. The Balaban J connectivity index is 2.29. The molecule has 0 aliphatic rings. The van der Waals surface area contributed by atoms with Gasteiger partial charge in [-0.3, -0.25) is 0 Å². The molecule has 1 aromatic carbocycles. The summed E-state index contributed by atoms with van der Waals surface area (Å²) in [5.41, 5.74) is 7.09. The Hall–Kier alpha value is -1.10. The molecule has 0 bridgehead atoms. The summed E-state index contributed by atoms with van der Waals surface area (Å²) >= 11 is 0. The lowest BCUT2D eigenvalue weighted by atomic mass is 10.1. The maximum Gasteiger partial charge on any atom is 0.119 e. The third-order valence-electron chi connectivity index (χ3n) is 2.65. The molecule has 1 unspecified atom stereocenters. The van der Waals surface area contributed by atoms with E-state index in [0.717, 1.165) is 17.7 Å². The fourth-order valence-electron chi connectivity index (χ4n) is 1.53. The molecule has 1 rings (SSSR count). The van der Waals surface area contributed by atoms with Crippen LogP contribution in [0.5, 0.6) is 5.75 Å². The van der Waals surface area contributed by atoms with E-state index in [-0.39, 0.29) is 6.04 Å². The van der Waals surface area contributed by atoms with Crippen LogP contribution >= 0.6 is 0 Å². The van der Waals surface area contributed by atoms with Crippen molar-refractivity contribution in [1.82, 2.24) is 0 Å². The molecule has 0 heterocycles. The second-order valence-electron chi connectivity index (χ2n) is 4.04. The topological polar surface area (TPSA) is 53.7 Å². The van der Waals surface area contributed by atoms with Crippen molar-refractivity contribution in [2.24, 2.45) is 5.73 Å². The van der Waals surface area contributed by atoms with Crippen molar-refractivity contribution in [1.29, 1.82) is 0 Å². The van der Waals surface area contributed by atoms with Gasteiger partial charge in [-0.25, -0.2) is 0 Å². The van der Waals surface area contributed by atoms with E-state index in [1.54, 1.807) is 7.11 Å². The molecule has 2 N–H and O–H groups in total. The average Bonchev–Trinajstić information content (AvgIpc) is 2.42. The van der Waals surface area contributed by atoms with Crippen molar-refractivity contribution in [3.63, 3.8) is 0 Å². The van der Waals surface area contributed by atoms with E-state index >= 15 is 0 Å². The average molecular weight is 253 g/mol. The van der Waals surface area contributed by atoms with Crippen LogP contribution in [0.3, 0.4) is 0 Å². The van der Waals surface area contributed by atoms with Crippen LogP contribution in [-0.2, 0) is 9.47 Å². The highest BCUT2D eigenvalue weighted by molar-refractivity contribution is 5.30. The predicted octanol–water partition coefficient (Wildman–Crippen LogP) is 2.14. The Bertz CT molecular complexity index is 331. The van der Waals surface area contributed by atoms with Crippen LogP contribution in [0, 0.1) is 0 Å². The molecule has 18 heavy (non-hydrogen) atoms.